The number of benzene rings is 1. The molecular weight excluding hydrogens is 312 g/mol. The van der Waals surface area contributed by atoms with E-state index in [1.54, 1.807) is 24.3 Å². The lowest BCUT2D eigenvalue weighted by atomic mass is 10.1. The van der Waals surface area contributed by atoms with Crippen molar-refractivity contribution in [1.82, 2.24) is 4.72 Å². The molecule has 1 saturated heterocycles. The number of sulfonamides is 1. The molecule has 0 saturated carbocycles. The number of nitrogens with zero attached hydrogens (tertiary/aromatic N) is 1. The highest BCUT2D eigenvalue weighted by Crippen LogP contribution is 2.18. The molecule has 0 amide bonds. The summed E-state index contributed by atoms with van der Waals surface area (Å²) in [5, 5.41) is 8.68. The van der Waals surface area contributed by atoms with E-state index in [0.717, 1.165) is 0 Å². The van der Waals surface area contributed by atoms with Gasteiger partial charge in [0, 0.05) is 6.54 Å². The lowest BCUT2D eigenvalue weighted by molar-refractivity contribution is 0.542. The lowest BCUT2D eigenvalue weighted by Gasteiger charge is -2.10. The third-order valence-corrected chi connectivity index (χ3v) is 6.52. The fraction of sp³-hybridized carbons (Fsp3) is 0.462. The SMILES string of the molecule is N#Cc1ccc(CS(=O)(=O)NCC2CCS(=O)(=O)C2)cc1. The fourth-order valence-corrected chi connectivity index (χ4v) is 5.31. The van der Waals surface area contributed by atoms with Crippen LogP contribution in [-0.2, 0) is 25.6 Å². The first-order valence-electron chi connectivity index (χ1n) is 6.46. The van der Waals surface area contributed by atoms with Crippen molar-refractivity contribution >= 4 is 19.9 Å². The van der Waals surface area contributed by atoms with Gasteiger partial charge in [-0.3, -0.25) is 0 Å². The third-order valence-electron chi connectivity index (χ3n) is 3.36. The smallest absolute Gasteiger partial charge is 0.215 e. The van der Waals surface area contributed by atoms with Gasteiger partial charge in [-0.1, -0.05) is 12.1 Å². The molecule has 1 N–H and O–H groups in total. The molecule has 8 heteroatoms. The van der Waals surface area contributed by atoms with E-state index in [1.165, 1.54) is 0 Å². The molecule has 1 aromatic carbocycles. The topological polar surface area (TPSA) is 104 Å². The molecule has 1 unspecified atom stereocenters. The van der Waals surface area contributed by atoms with Crippen LogP contribution in [0.4, 0.5) is 0 Å². The van der Waals surface area contributed by atoms with Crippen molar-refractivity contribution in [2.24, 2.45) is 5.92 Å². The number of sulfone groups is 1. The minimum absolute atomic E-state index is 0.0480. The van der Waals surface area contributed by atoms with Crippen LogP contribution < -0.4 is 4.72 Å². The van der Waals surface area contributed by atoms with Gasteiger partial charge in [0.05, 0.1) is 28.9 Å². The summed E-state index contributed by atoms with van der Waals surface area (Å²) >= 11 is 0. The van der Waals surface area contributed by atoms with Crippen molar-refractivity contribution in [3.8, 4) is 6.07 Å². The standard InChI is InChI=1S/C13H16N2O4S2/c14-7-11-1-3-12(4-2-11)10-21(18,19)15-8-13-5-6-20(16,17)9-13/h1-4,13,15H,5-6,8-10H2. The van der Waals surface area contributed by atoms with Crippen LogP contribution in [-0.4, -0.2) is 34.9 Å². The van der Waals surface area contributed by atoms with Crippen LogP contribution in [0.15, 0.2) is 24.3 Å². The molecule has 1 aromatic rings. The molecular formula is C13H16N2O4S2. The lowest BCUT2D eigenvalue weighted by Crippen LogP contribution is -2.30. The summed E-state index contributed by atoms with van der Waals surface area (Å²) in [7, 11) is -6.50. The largest absolute Gasteiger partial charge is 0.229 e. The molecule has 0 radical (unpaired) electrons. The van der Waals surface area contributed by atoms with Crippen molar-refractivity contribution in [3.05, 3.63) is 35.4 Å². The van der Waals surface area contributed by atoms with Gasteiger partial charge in [-0.25, -0.2) is 21.6 Å². The number of nitriles is 1. The van der Waals surface area contributed by atoms with Gasteiger partial charge < -0.3 is 0 Å². The van der Waals surface area contributed by atoms with E-state index in [-0.39, 0.29) is 29.7 Å². The summed E-state index contributed by atoms with van der Waals surface area (Å²) in [6.45, 7) is 0.151. The Hall–Kier alpha value is -1.43. The quantitative estimate of drug-likeness (QED) is 0.843. The second-order valence-electron chi connectivity index (χ2n) is 5.19. The van der Waals surface area contributed by atoms with Gasteiger partial charge in [0.1, 0.15) is 0 Å². The van der Waals surface area contributed by atoms with E-state index in [9.17, 15) is 16.8 Å². The molecule has 1 heterocycles. The van der Waals surface area contributed by atoms with Crippen molar-refractivity contribution < 1.29 is 16.8 Å². The van der Waals surface area contributed by atoms with Crippen LogP contribution in [0.25, 0.3) is 0 Å². The molecule has 0 spiro atoms. The molecule has 2 rings (SSSR count). The molecule has 0 aromatic heterocycles. The van der Waals surface area contributed by atoms with Crippen molar-refractivity contribution in [3.63, 3.8) is 0 Å². The van der Waals surface area contributed by atoms with Crippen LogP contribution in [0.5, 0.6) is 0 Å². The zero-order valence-corrected chi connectivity index (χ0v) is 13.0. The Labute approximate surface area is 124 Å². The molecule has 0 bridgehead atoms. The molecule has 1 aliphatic rings. The molecule has 114 valence electrons. The first-order valence-corrected chi connectivity index (χ1v) is 9.94. The Balaban J connectivity index is 1.91. The van der Waals surface area contributed by atoms with Gasteiger partial charge in [-0.05, 0) is 30.0 Å². The monoisotopic (exact) mass is 328 g/mol. The maximum Gasteiger partial charge on any atom is 0.215 e. The second kappa shape index (κ2) is 6.13. The van der Waals surface area contributed by atoms with E-state index in [4.69, 9.17) is 5.26 Å². The van der Waals surface area contributed by atoms with Gasteiger partial charge in [0.25, 0.3) is 0 Å². The second-order valence-corrected chi connectivity index (χ2v) is 9.22. The third kappa shape index (κ3) is 4.81. The van der Waals surface area contributed by atoms with Crippen molar-refractivity contribution in [1.29, 1.82) is 5.26 Å². The Morgan fingerprint density at radius 2 is 1.95 bits per heavy atom. The highest BCUT2D eigenvalue weighted by atomic mass is 32.2. The zero-order chi connectivity index (χ0) is 15.5. The molecule has 1 aliphatic heterocycles. The van der Waals surface area contributed by atoms with E-state index in [1.807, 2.05) is 6.07 Å². The van der Waals surface area contributed by atoms with E-state index in [0.29, 0.717) is 17.5 Å². The van der Waals surface area contributed by atoms with E-state index >= 15 is 0 Å². The summed E-state index contributed by atoms with van der Waals surface area (Å²) in [5.74, 6) is -0.148. The summed E-state index contributed by atoms with van der Waals surface area (Å²) in [5.41, 5.74) is 1.06. The summed E-state index contributed by atoms with van der Waals surface area (Å²) < 4.78 is 49.0. The molecule has 1 atom stereocenters. The van der Waals surface area contributed by atoms with Crippen LogP contribution in [0, 0.1) is 17.2 Å². The van der Waals surface area contributed by atoms with Crippen LogP contribution in [0.3, 0.4) is 0 Å². The van der Waals surface area contributed by atoms with Crippen LogP contribution in [0.1, 0.15) is 17.5 Å². The highest BCUT2D eigenvalue weighted by Gasteiger charge is 2.28. The van der Waals surface area contributed by atoms with Gasteiger partial charge in [0.15, 0.2) is 9.84 Å². The predicted molar refractivity (Wildman–Crippen MR) is 78.5 cm³/mol. The van der Waals surface area contributed by atoms with Crippen LogP contribution in [0.2, 0.25) is 0 Å². The molecule has 1 fully saturated rings. The number of hydrogen-bond donors (Lipinski definition) is 1. The maximum atomic E-state index is 11.9. The van der Waals surface area contributed by atoms with Crippen molar-refractivity contribution in [2.75, 3.05) is 18.1 Å². The normalized spacial score (nSPS) is 21.0. The fourth-order valence-electron chi connectivity index (χ4n) is 2.22. The minimum atomic E-state index is -3.51. The van der Waals surface area contributed by atoms with Gasteiger partial charge in [0.2, 0.25) is 10.0 Å². The Kier molecular flexibility index (Phi) is 4.66. The summed E-state index contributed by atoms with van der Waals surface area (Å²) in [6, 6.07) is 8.28. The molecule has 0 aliphatic carbocycles. The van der Waals surface area contributed by atoms with Crippen molar-refractivity contribution in [2.45, 2.75) is 12.2 Å². The number of hydrogen-bond acceptors (Lipinski definition) is 5. The van der Waals surface area contributed by atoms with Gasteiger partial charge in [-0.2, -0.15) is 5.26 Å². The maximum absolute atomic E-state index is 11.9. The van der Waals surface area contributed by atoms with Crippen LogP contribution >= 0.6 is 0 Å². The number of nitrogens with one attached hydrogen (secondary N) is 1. The highest BCUT2D eigenvalue weighted by molar-refractivity contribution is 7.91. The Morgan fingerprint density at radius 3 is 2.48 bits per heavy atom. The molecule has 6 nitrogen and oxygen atoms in total. The minimum Gasteiger partial charge on any atom is -0.229 e. The van der Waals surface area contributed by atoms with Gasteiger partial charge >= 0.3 is 0 Å². The Morgan fingerprint density at radius 1 is 1.29 bits per heavy atom. The summed E-state index contributed by atoms with van der Waals surface area (Å²) in [4.78, 5) is 0. The Bertz CT molecular complexity index is 746. The summed E-state index contributed by atoms with van der Waals surface area (Å²) in [6.07, 6.45) is 0.502. The number of rotatable bonds is 5. The van der Waals surface area contributed by atoms with E-state index < -0.39 is 19.9 Å². The zero-order valence-electron chi connectivity index (χ0n) is 11.3. The van der Waals surface area contributed by atoms with Gasteiger partial charge in [-0.15, -0.1) is 0 Å². The molecule has 21 heavy (non-hydrogen) atoms. The van der Waals surface area contributed by atoms with E-state index in [2.05, 4.69) is 4.72 Å². The average Bonchev–Trinajstić information content (AvgIpc) is 2.77. The first kappa shape index (κ1) is 15.9. The predicted octanol–water partition coefficient (Wildman–Crippen LogP) is 0.412. The average molecular weight is 328 g/mol. The first-order chi connectivity index (χ1) is 9.80.